The van der Waals surface area contributed by atoms with Crippen LogP contribution in [-0.4, -0.2) is 17.0 Å². The molecule has 0 saturated heterocycles. The third kappa shape index (κ3) is 2.04. The van der Waals surface area contributed by atoms with Crippen molar-refractivity contribution in [3.8, 4) is 0 Å². The largest absolute Gasteiger partial charge is 0.315 e. The summed E-state index contributed by atoms with van der Waals surface area (Å²) in [5, 5.41) is 10.4. The molecule has 0 atom stereocenters. The van der Waals surface area contributed by atoms with Crippen molar-refractivity contribution in [3.05, 3.63) is 39.2 Å². The van der Waals surface area contributed by atoms with Gasteiger partial charge >= 0.3 is 5.69 Å². The van der Waals surface area contributed by atoms with E-state index >= 15 is 0 Å². The summed E-state index contributed by atoms with van der Waals surface area (Å²) in [4.78, 5) is 30.8. The number of carbonyl (C=O) groups is 2. The number of hydrogen-bond acceptors (Lipinski definition) is 4. The first-order chi connectivity index (χ1) is 6.97. The first-order valence-corrected chi connectivity index (χ1v) is 3.91. The summed E-state index contributed by atoms with van der Waals surface area (Å²) in [6.07, 6.45) is 0.146. The number of hydrogen-bond donors (Lipinski definition) is 0. The topological polar surface area (TPSA) is 77.3 Å². The Labute approximate surface area is 83.7 Å². The molecule has 0 amide bonds. The van der Waals surface area contributed by atoms with Crippen LogP contribution in [0.2, 0.25) is 0 Å². The van der Waals surface area contributed by atoms with Crippen LogP contribution in [0.4, 0.5) is 10.1 Å². The molecule has 6 heteroatoms. The monoisotopic (exact) mass is 211 g/mol. The Morgan fingerprint density at radius 2 is 2.13 bits per heavy atom. The quantitative estimate of drug-likeness (QED) is 0.330. The van der Waals surface area contributed by atoms with Crippen LogP contribution in [0.1, 0.15) is 27.6 Å². The van der Waals surface area contributed by atoms with Crippen LogP contribution in [0.15, 0.2) is 12.1 Å². The van der Waals surface area contributed by atoms with Gasteiger partial charge in [-0.25, -0.2) is 0 Å². The predicted molar refractivity (Wildman–Crippen MR) is 48.4 cm³/mol. The minimum absolute atomic E-state index is 0.0693. The van der Waals surface area contributed by atoms with Crippen molar-refractivity contribution in [2.75, 3.05) is 0 Å². The first kappa shape index (κ1) is 11.0. The summed E-state index contributed by atoms with van der Waals surface area (Å²) in [6, 6.07) is 1.74. The van der Waals surface area contributed by atoms with Crippen LogP contribution < -0.4 is 0 Å². The van der Waals surface area contributed by atoms with E-state index in [1.54, 1.807) is 0 Å². The zero-order valence-electron chi connectivity index (χ0n) is 7.69. The molecular weight excluding hydrogens is 205 g/mol. The second-order valence-corrected chi connectivity index (χ2v) is 2.83. The van der Waals surface area contributed by atoms with Crippen molar-refractivity contribution in [3.63, 3.8) is 0 Å². The van der Waals surface area contributed by atoms with E-state index in [0.717, 1.165) is 12.1 Å². The second-order valence-electron chi connectivity index (χ2n) is 2.83. The molecule has 0 fully saturated rings. The number of Topliss-reactive ketones (excluding diaryl/α,β-unsaturated/α-hetero) is 1. The number of rotatable bonds is 3. The molecule has 0 aliphatic heterocycles. The molecule has 0 radical (unpaired) electrons. The molecule has 0 heterocycles. The number of nitro benzene ring substituents is 1. The Morgan fingerprint density at radius 3 is 2.53 bits per heavy atom. The van der Waals surface area contributed by atoms with Gasteiger partial charge in [0.15, 0.2) is 12.1 Å². The maximum Gasteiger partial charge on any atom is 0.315 e. The maximum atomic E-state index is 13.2. The molecule has 0 N–H and O–H groups in total. The first-order valence-electron chi connectivity index (χ1n) is 3.91. The van der Waals surface area contributed by atoms with Crippen LogP contribution in [-0.2, 0) is 0 Å². The summed E-state index contributed by atoms with van der Waals surface area (Å²) < 4.78 is 13.2. The molecule has 1 aromatic carbocycles. The van der Waals surface area contributed by atoms with E-state index in [4.69, 9.17) is 0 Å². The third-order valence-electron chi connectivity index (χ3n) is 1.81. The molecule has 78 valence electrons. The highest BCUT2D eigenvalue weighted by molar-refractivity contribution is 5.96. The lowest BCUT2D eigenvalue weighted by molar-refractivity contribution is -0.387. The average Bonchev–Trinajstić information content (AvgIpc) is 2.15. The summed E-state index contributed by atoms with van der Waals surface area (Å²) in [7, 11) is 0. The minimum Gasteiger partial charge on any atom is -0.298 e. The third-order valence-corrected chi connectivity index (χ3v) is 1.81. The van der Waals surface area contributed by atoms with Crippen molar-refractivity contribution >= 4 is 17.8 Å². The molecule has 0 bridgehead atoms. The van der Waals surface area contributed by atoms with Gasteiger partial charge in [0.25, 0.3) is 0 Å². The van der Waals surface area contributed by atoms with Gasteiger partial charge in [-0.3, -0.25) is 19.7 Å². The van der Waals surface area contributed by atoms with E-state index in [0.29, 0.717) is 0 Å². The van der Waals surface area contributed by atoms with E-state index in [9.17, 15) is 24.1 Å². The Bertz CT molecular complexity index is 456. The summed E-state index contributed by atoms with van der Waals surface area (Å²) in [5.41, 5.74) is -1.42. The van der Waals surface area contributed by atoms with Gasteiger partial charge in [0.2, 0.25) is 5.82 Å². The molecule has 0 saturated carbocycles. The lowest BCUT2D eigenvalue weighted by Gasteiger charge is -2.00. The second kappa shape index (κ2) is 3.95. The van der Waals surface area contributed by atoms with E-state index in [1.165, 1.54) is 6.92 Å². The minimum atomic E-state index is -1.19. The molecule has 0 aromatic heterocycles. The molecule has 1 aromatic rings. The molecular formula is C9H6FNO4. The Hall–Kier alpha value is -2.11. The lowest BCUT2D eigenvalue weighted by Crippen LogP contribution is -2.02. The van der Waals surface area contributed by atoms with Crippen molar-refractivity contribution in [1.82, 2.24) is 0 Å². The van der Waals surface area contributed by atoms with Crippen LogP contribution in [0.3, 0.4) is 0 Å². The van der Waals surface area contributed by atoms with Gasteiger partial charge in [0, 0.05) is 5.56 Å². The fourth-order valence-electron chi connectivity index (χ4n) is 1.11. The van der Waals surface area contributed by atoms with Crippen molar-refractivity contribution in [2.24, 2.45) is 0 Å². The van der Waals surface area contributed by atoms with E-state index in [1.807, 2.05) is 0 Å². The Morgan fingerprint density at radius 1 is 1.53 bits per heavy atom. The molecule has 15 heavy (non-hydrogen) atoms. The van der Waals surface area contributed by atoms with Gasteiger partial charge in [0.05, 0.1) is 10.5 Å². The van der Waals surface area contributed by atoms with Crippen LogP contribution in [0, 0.1) is 15.9 Å². The van der Waals surface area contributed by atoms with E-state index < -0.39 is 27.8 Å². The van der Waals surface area contributed by atoms with Crippen LogP contribution in [0.25, 0.3) is 0 Å². The van der Waals surface area contributed by atoms with Gasteiger partial charge in [0.1, 0.15) is 0 Å². The summed E-state index contributed by atoms with van der Waals surface area (Å²) in [5.74, 6) is -1.65. The summed E-state index contributed by atoms with van der Waals surface area (Å²) >= 11 is 0. The number of carbonyl (C=O) groups excluding carboxylic acids is 2. The SMILES string of the molecule is CC(=O)c1cc(F)c([N+](=O)[O-])c(C=O)c1. The van der Waals surface area contributed by atoms with Gasteiger partial charge < -0.3 is 0 Å². The average molecular weight is 211 g/mol. The number of nitro groups is 1. The van der Waals surface area contributed by atoms with Crippen LogP contribution in [0.5, 0.6) is 0 Å². The molecule has 0 unspecified atom stereocenters. The van der Waals surface area contributed by atoms with E-state index in [2.05, 4.69) is 0 Å². The fourth-order valence-corrected chi connectivity index (χ4v) is 1.11. The molecule has 1 rings (SSSR count). The Balaban J connectivity index is 3.50. The highest BCUT2D eigenvalue weighted by atomic mass is 19.1. The number of nitrogens with zero attached hydrogens (tertiary/aromatic N) is 1. The number of benzene rings is 1. The normalized spacial score (nSPS) is 9.73. The number of halogens is 1. The standard InChI is InChI=1S/C9H6FNO4/c1-5(13)6-2-7(4-12)9(11(14)15)8(10)3-6/h2-4H,1H3. The molecule has 0 aliphatic carbocycles. The highest BCUT2D eigenvalue weighted by Crippen LogP contribution is 2.23. The molecule has 0 aliphatic rings. The zero-order chi connectivity index (χ0) is 11.6. The van der Waals surface area contributed by atoms with Crippen molar-refractivity contribution in [2.45, 2.75) is 6.92 Å². The fraction of sp³-hybridized carbons (Fsp3) is 0.111. The lowest BCUT2D eigenvalue weighted by atomic mass is 10.1. The summed E-state index contributed by atoms with van der Waals surface area (Å²) in [6.45, 7) is 1.18. The Kier molecular flexibility index (Phi) is 2.89. The van der Waals surface area contributed by atoms with Crippen molar-refractivity contribution in [1.29, 1.82) is 0 Å². The highest BCUT2D eigenvalue weighted by Gasteiger charge is 2.21. The van der Waals surface area contributed by atoms with Gasteiger partial charge in [-0.1, -0.05) is 0 Å². The maximum absolute atomic E-state index is 13.2. The number of aldehydes is 1. The van der Waals surface area contributed by atoms with Crippen molar-refractivity contribution < 1.29 is 18.9 Å². The van der Waals surface area contributed by atoms with E-state index in [-0.39, 0.29) is 11.8 Å². The van der Waals surface area contributed by atoms with Crippen LogP contribution >= 0.6 is 0 Å². The zero-order valence-corrected chi connectivity index (χ0v) is 7.69. The predicted octanol–water partition coefficient (Wildman–Crippen LogP) is 1.75. The van der Waals surface area contributed by atoms with Gasteiger partial charge in [-0.15, -0.1) is 0 Å². The molecule has 0 spiro atoms. The van der Waals surface area contributed by atoms with Gasteiger partial charge in [-0.2, -0.15) is 4.39 Å². The molecule has 5 nitrogen and oxygen atoms in total. The number of ketones is 1. The smallest absolute Gasteiger partial charge is 0.298 e. The van der Waals surface area contributed by atoms with Gasteiger partial charge in [-0.05, 0) is 19.1 Å².